The number of allylic oxidation sites excluding steroid dienone is 3. The molecule has 0 spiro atoms. The minimum Gasteiger partial charge on any atom is -0.481 e. The summed E-state index contributed by atoms with van der Waals surface area (Å²) in [4.78, 5) is 11.1. The summed E-state index contributed by atoms with van der Waals surface area (Å²) in [6.45, 7) is 1.53. The van der Waals surface area contributed by atoms with E-state index < -0.39 is 16.8 Å². The van der Waals surface area contributed by atoms with Crippen LogP contribution >= 0.6 is 11.6 Å². The molecular weight excluding hydrogens is 280 g/mol. The van der Waals surface area contributed by atoms with Crippen LogP contribution in [0.25, 0.3) is 0 Å². The molecule has 0 saturated heterocycles. The Morgan fingerprint density at radius 3 is 2.20 bits per heavy atom. The highest BCUT2D eigenvalue weighted by Gasteiger charge is 2.42. The van der Waals surface area contributed by atoms with Crippen molar-refractivity contribution in [3.05, 3.63) is 24.3 Å². The van der Waals surface area contributed by atoms with Crippen LogP contribution in [0.5, 0.6) is 0 Å². The van der Waals surface area contributed by atoms with Crippen molar-refractivity contribution >= 4 is 17.6 Å². The van der Waals surface area contributed by atoms with Crippen LogP contribution in [-0.4, -0.2) is 41.3 Å². The Labute approximate surface area is 125 Å². The quantitative estimate of drug-likeness (QED) is 0.418. The minimum absolute atomic E-state index is 0.0177. The Kier molecular flexibility index (Phi) is 10.4. The molecule has 20 heavy (non-hydrogen) atoms. The second-order valence-electron chi connectivity index (χ2n) is 4.60. The molecule has 0 heterocycles. The predicted molar refractivity (Wildman–Crippen MR) is 81.7 cm³/mol. The van der Waals surface area contributed by atoms with Crippen molar-refractivity contribution in [1.82, 2.24) is 0 Å². The zero-order valence-electron chi connectivity index (χ0n) is 11.7. The average molecular weight is 305 g/mol. The van der Waals surface area contributed by atoms with Gasteiger partial charge in [0.15, 0.2) is 0 Å². The SMILES string of the molecule is NCCCCN.O=C(O)C1(CCCO)C=CC=CC1Cl. The lowest BCUT2D eigenvalue weighted by Gasteiger charge is -2.30. The van der Waals surface area contributed by atoms with E-state index in [0.29, 0.717) is 12.8 Å². The number of aliphatic hydroxyl groups excluding tert-OH is 1. The number of carboxylic acids is 1. The maximum Gasteiger partial charge on any atom is 0.315 e. The van der Waals surface area contributed by atoms with Gasteiger partial charge in [0.1, 0.15) is 5.41 Å². The van der Waals surface area contributed by atoms with Gasteiger partial charge in [-0.05, 0) is 38.8 Å². The van der Waals surface area contributed by atoms with E-state index in [1.807, 2.05) is 0 Å². The van der Waals surface area contributed by atoms with Crippen LogP contribution < -0.4 is 11.5 Å². The highest BCUT2D eigenvalue weighted by atomic mass is 35.5. The van der Waals surface area contributed by atoms with Gasteiger partial charge in [-0.1, -0.05) is 24.3 Å². The van der Waals surface area contributed by atoms with Crippen molar-refractivity contribution in [2.24, 2.45) is 16.9 Å². The van der Waals surface area contributed by atoms with Gasteiger partial charge in [-0.2, -0.15) is 0 Å². The first kappa shape index (κ1) is 19.1. The van der Waals surface area contributed by atoms with E-state index in [1.54, 1.807) is 24.3 Å². The average Bonchev–Trinajstić information content (AvgIpc) is 2.45. The summed E-state index contributed by atoms with van der Waals surface area (Å²) in [5.74, 6) is -0.938. The number of hydrogen-bond acceptors (Lipinski definition) is 4. The number of halogens is 1. The first-order valence-electron chi connectivity index (χ1n) is 6.79. The van der Waals surface area contributed by atoms with Gasteiger partial charge in [-0.15, -0.1) is 11.6 Å². The van der Waals surface area contributed by atoms with Gasteiger partial charge in [-0.3, -0.25) is 4.79 Å². The Hall–Kier alpha value is -0.880. The summed E-state index contributed by atoms with van der Waals surface area (Å²) in [7, 11) is 0. The fraction of sp³-hybridized carbons (Fsp3) is 0.643. The van der Waals surface area contributed by atoms with Crippen LogP contribution in [0.3, 0.4) is 0 Å². The zero-order chi connectivity index (χ0) is 15.4. The van der Waals surface area contributed by atoms with Gasteiger partial charge in [0.25, 0.3) is 0 Å². The van der Waals surface area contributed by atoms with Crippen LogP contribution in [0.15, 0.2) is 24.3 Å². The first-order chi connectivity index (χ1) is 9.55. The van der Waals surface area contributed by atoms with E-state index in [9.17, 15) is 4.79 Å². The molecule has 0 radical (unpaired) electrons. The Bertz CT molecular complexity index is 330. The molecule has 0 saturated carbocycles. The lowest BCUT2D eigenvalue weighted by atomic mass is 9.77. The van der Waals surface area contributed by atoms with E-state index in [2.05, 4.69) is 0 Å². The van der Waals surface area contributed by atoms with Crippen LogP contribution in [0.1, 0.15) is 25.7 Å². The number of unbranched alkanes of at least 4 members (excludes halogenated alkanes) is 1. The van der Waals surface area contributed by atoms with E-state index >= 15 is 0 Å². The largest absolute Gasteiger partial charge is 0.481 e. The number of aliphatic carboxylic acids is 1. The molecule has 1 aliphatic rings. The Morgan fingerprint density at radius 2 is 1.80 bits per heavy atom. The molecule has 0 aromatic carbocycles. The zero-order valence-corrected chi connectivity index (χ0v) is 12.4. The predicted octanol–water partition coefficient (Wildman–Crippen LogP) is 1.25. The van der Waals surface area contributed by atoms with Crippen molar-refractivity contribution in [2.75, 3.05) is 19.7 Å². The molecule has 6 N–H and O–H groups in total. The third-order valence-corrected chi connectivity index (χ3v) is 3.62. The number of carboxylic acid groups (broad SMARTS) is 1. The highest BCUT2D eigenvalue weighted by Crippen LogP contribution is 2.37. The standard InChI is InChI=1S/C10H13ClO3.C4H12N2/c11-8-4-1-2-5-10(8,9(13)14)6-3-7-12;5-3-1-2-4-6/h1-2,4-5,8,12H,3,6-7H2,(H,13,14);1-6H2. The van der Waals surface area contributed by atoms with Crippen molar-refractivity contribution in [3.8, 4) is 0 Å². The third kappa shape index (κ3) is 6.05. The van der Waals surface area contributed by atoms with Gasteiger partial charge in [-0.25, -0.2) is 0 Å². The normalized spacial score (nSPS) is 24.1. The number of rotatable bonds is 7. The summed E-state index contributed by atoms with van der Waals surface area (Å²) in [6.07, 6.45) is 9.60. The second-order valence-corrected chi connectivity index (χ2v) is 5.07. The minimum atomic E-state index is -1.06. The first-order valence-corrected chi connectivity index (χ1v) is 7.23. The van der Waals surface area contributed by atoms with Gasteiger partial charge in [0.05, 0.1) is 5.38 Å². The molecule has 0 bridgehead atoms. The molecule has 0 amide bonds. The molecule has 6 heteroatoms. The molecule has 2 atom stereocenters. The molecule has 0 fully saturated rings. The van der Waals surface area contributed by atoms with Gasteiger partial charge < -0.3 is 21.7 Å². The van der Waals surface area contributed by atoms with E-state index in [4.69, 9.17) is 33.3 Å². The maximum atomic E-state index is 11.1. The fourth-order valence-corrected chi connectivity index (χ4v) is 2.19. The summed E-state index contributed by atoms with van der Waals surface area (Å²) in [5.41, 5.74) is 9.26. The van der Waals surface area contributed by atoms with Crippen LogP contribution in [0.2, 0.25) is 0 Å². The number of nitrogens with two attached hydrogens (primary N) is 2. The number of aliphatic hydroxyl groups is 1. The Balaban J connectivity index is 0.000000511. The smallest absolute Gasteiger partial charge is 0.315 e. The van der Waals surface area contributed by atoms with Crippen LogP contribution in [0, 0.1) is 5.41 Å². The van der Waals surface area contributed by atoms with Crippen molar-refractivity contribution in [2.45, 2.75) is 31.1 Å². The van der Waals surface area contributed by atoms with Gasteiger partial charge in [0, 0.05) is 6.61 Å². The molecule has 1 rings (SSSR count). The Morgan fingerprint density at radius 1 is 1.20 bits per heavy atom. The summed E-state index contributed by atoms with van der Waals surface area (Å²) >= 11 is 5.97. The summed E-state index contributed by atoms with van der Waals surface area (Å²) in [5, 5.41) is 17.3. The topological polar surface area (TPSA) is 110 Å². The lowest BCUT2D eigenvalue weighted by molar-refractivity contribution is -0.146. The van der Waals surface area contributed by atoms with Crippen molar-refractivity contribution < 1.29 is 15.0 Å². The maximum absolute atomic E-state index is 11.1. The molecule has 0 aromatic rings. The number of alkyl halides is 1. The molecule has 2 unspecified atom stereocenters. The fourth-order valence-electron chi connectivity index (χ4n) is 1.83. The molecule has 1 aliphatic carbocycles. The van der Waals surface area contributed by atoms with E-state index in [0.717, 1.165) is 25.9 Å². The lowest BCUT2D eigenvalue weighted by Crippen LogP contribution is -2.38. The summed E-state index contributed by atoms with van der Waals surface area (Å²) < 4.78 is 0. The molecule has 5 nitrogen and oxygen atoms in total. The van der Waals surface area contributed by atoms with E-state index in [-0.39, 0.29) is 6.61 Å². The van der Waals surface area contributed by atoms with Crippen molar-refractivity contribution in [3.63, 3.8) is 0 Å². The highest BCUT2D eigenvalue weighted by molar-refractivity contribution is 6.24. The molecule has 0 aromatic heterocycles. The third-order valence-electron chi connectivity index (χ3n) is 3.08. The van der Waals surface area contributed by atoms with Gasteiger partial charge >= 0.3 is 5.97 Å². The van der Waals surface area contributed by atoms with Crippen LogP contribution in [-0.2, 0) is 4.79 Å². The van der Waals surface area contributed by atoms with Gasteiger partial charge in [0.2, 0.25) is 0 Å². The number of hydrogen-bond donors (Lipinski definition) is 4. The van der Waals surface area contributed by atoms with E-state index in [1.165, 1.54) is 0 Å². The molecule has 116 valence electrons. The second kappa shape index (κ2) is 10.9. The molecular formula is C14H25ClN2O3. The monoisotopic (exact) mass is 304 g/mol. The van der Waals surface area contributed by atoms with Crippen molar-refractivity contribution in [1.29, 1.82) is 0 Å². The summed E-state index contributed by atoms with van der Waals surface area (Å²) in [6, 6.07) is 0. The molecule has 0 aliphatic heterocycles. The van der Waals surface area contributed by atoms with Crippen LogP contribution in [0.4, 0.5) is 0 Å². The number of carbonyl (C=O) groups is 1.